The van der Waals surface area contributed by atoms with E-state index in [0.717, 1.165) is 11.1 Å². The molecular formula is C16H21N3O3. The van der Waals surface area contributed by atoms with Crippen molar-refractivity contribution in [2.24, 2.45) is 5.73 Å². The van der Waals surface area contributed by atoms with Gasteiger partial charge in [-0.25, -0.2) is 0 Å². The summed E-state index contributed by atoms with van der Waals surface area (Å²) in [4.78, 5) is 13.8. The van der Waals surface area contributed by atoms with Crippen molar-refractivity contribution in [1.82, 2.24) is 4.90 Å². The number of ether oxygens (including phenoxy) is 1. The SMILES string of the molecule is C=Cc1ccc(NC(=O)C(O)N2CCOCC2)cc1/C=C\N. The van der Waals surface area contributed by atoms with Crippen molar-refractivity contribution in [2.75, 3.05) is 31.6 Å². The number of nitrogens with two attached hydrogens (primary N) is 1. The van der Waals surface area contributed by atoms with E-state index in [1.165, 1.54) is 6.20 Å². The quantitative estimate of drug-likeness (QED) is 0.750. The topological polar surface area (TPSA) is 87.8 Å². The van der Waals surface area contributed by atoms with E-state index in [4.69, 9.17) is 10.5 Å². The molecule has 0 radical (unpaired) electrons. The zero-order chi connectivity index (χ0) is 15.9. The minimum atomic E-state index is -1.18. The molecule has 1 amide bonds. The van der Waals surface area contributed by atoms with Gasteiger partial charge in [0.25, 0.3) is 5.91 Å². The van der Waals surface area contributed by atoms with E-state index >= 15 is 0 Å². The van der Waals surface area contributed by atoms with Gasteiger partial charge >= 0.3 is 0 Å². The van der Waals surface area contributed by atoms with Crippen LogP contribution in [0.5, 0.6) is 0 Å². The average molecular weight is 303 g/mol. The lowest BCUT2D eigenvalue weighted by molar-refractivity contribution is -0.138. The van der Waals surface area contributed by atoms with Crippen LogP contribution in [0.2, 0.25) is 0 Å². The van der Waals surface area contributed by atoms with Crippen LogP contribution in [0, 0.1) is 0 Å². The van der Waals surface area contributed by atoms with Gasteiger partial charge < -0.3 is 20.9 Å². The third kappa shape index (κ3) is 3.94. The number of amides is 1. The van der Waals surface area contributed by atoms with E-state index < -0.39 is 12.1 Å². The van der Waals surface area contributed by atoms with E-state index in [1.54, 1.807) is 29.2 Å². The number of nitrogens with zero attached hydrogens (tertiary/aromatic N) is 1. The van der Waals surface area contributed by atoms with Crippen LogP contribution in [0.3, 0.4) is 0 Å². The molecule has 0 spiro atoms. The minimum absolute atomic E-state index is 0.462. The van der Waals surface area contributed by atoms with Crippen molar-refractivity contribution in [3.8, 4) is 0 Å². The Hall–Kier alpha value is -2.15. The van der Waals surface area contributed by atoms with E-state index in [-0.39, 0.29) is 0 Å². The van der Waals surface area contributed by atoms with Gasteiger partial charge in [-0.05, 0) is 35.5 Å². The summed E-state index contributed by atoms with van der Waals surface area (Å²) in [6.45, 7) is 5.83. The van der Waals surface area contributed by atoms with Gasteiger partial charge in [-0.1, -0.05) is 18.7 Å². The summed E-state index contributed by atoms with van der Waals surface area (Å²) in [5, 5.41) is 12.8. The lowest BCUT2D eigenvalue weighted by Crippen LogP contribution is -2.49. The molecule has 1 aromatic rings. The molecule has 6 heteroatoms. The first-order valence-electron chi connectivity index (χ1n) is 7.11. The molecule has 118 valence electrons. The number of carbonyl (C=O) groups is 1. The fourth-order valence-electron chi connectivity index (χ4n) is 2.28. The fourth-order valence-corrected chi connectivity index (χ4v) is 2.28. The number of morpholine rings is 1. The lowest BCUT2D eigenvalue weighted by atomic mass is 10.1. The molecule has 1 heterocycles. The summed E-state index contributed by atoms with van der Waals surface area (Å²) < 4.78 is 5.20. The highest BCUT2D eigenvalue weighted by atomic mass is 16.5. The highest BCUT2D eigenvalue weighted by Gasteiger charge is 2.25. The molecule has 1 unspecified atom stereocenters. The van der Waals surface area contributed by atoms with Crippen molar-refractivity contribution in [1.29, 1.82) is 0 Å². The Morgan fingerprint density at radius 1 is 1.41 bits per heavy atom. The first kappa shape index (κ1) is 16.2. The van der Waals surface area contributed by atoms with Crippen LogP contribution >= 0.6 is 0 Å². The molecule has 1 aromatic carbocycles. The maximum Gasteiger partial charge on any atom is 0.268 e. The van der Waals surface area contributed by atoms with Crippen molar-refractivity contribution in [3.63, 3.8) is 0 Å². The van der Waals surface area contributed by atoms with Crippen molar-refractivity contribution >= 4 is 23.7 Å². The molecule has 0 saturated carbocycles. The van der Waals surface area contributed by atoms with E-state index in [1.807, 2.05) is 6.07 Å². The van der Waals surface area contributed by atoms with Crippen LogP contribution in [-0.4, -0.2) is 48.4 Å². The van der Waals surface area contributed by atoms with Crippen LogP contribution in [0.15, 0.2) is 31.0 Å². The molecule has 1 aliphatic heterocycles. The Balaban J connectivity index is 2.07. The molecule has 1 fully saturated rings. The molecule has 0 aliphatic carbocycles. The number of aliphatic hydroxyl groups is 1. The zero-order valence-electron chi connectivity index (χ0n) is 12.4. The van der Waals surface area contributed by atoms with Crippen molar-refractivity contribution < 1.29 is 14.6 Å². The summed E-state index contributed by atoms with van der Waals surface area (Å²) in [5.74, 6) is -0.462. The van der Waals surface area contributed by atoms with E-state index in [0.29, 0.717) is 32.0 Å². The highest BCUT2D eigenvalue weighted by molar-refractivity contribution is 5.94. The van der Waals surface area contributed by atoms with Crippen LogP contribution < -0.4 is 11.1 Å². The number of anilines is 1. The molecule has 0 aromatic heterocycles. The van der Waals surface area contributed by atoms with Crippen LogP contribution in [0.4, 0.5) is 5.69 Å². The Morgan fingerprint density at radius 2 is 2.14 bits per heavy atom. The number of benzene rings is 1. The maximum absolute atomic E-state index is 12.1. The second kappa shape index (κ2) is 7.74. The summed E-state index contributed by atoms with van der Waals surface area (Å²) in [7, 11) is 0. The van der Waals surface area contributed by atoms with Gasteiger partial charge in [-0.2, -0.15) is 0 Å². The monoisotopic (exact) mass is 303 g/mol. The predicted octanol–water partition coefficient (Wildman–Crippen LogP) is 0.848. The first-order chi connectivity index (χ1) is 10.7. The summed E-state index contributed by atoms with van der Waals surface area (Å²) in [5.41, 5.74) is 7.77. The molecule has 1 aliphatic rings. The number of hydrogen-bond donors (Lipinski definition) is 3. The van der Waals surface area contributed by atoms with Gasteiger partial charge in [-0.3, -0.25) is 9.69 Å². The number of nitrogens with one attached hydrogen (secondary N) is 1. The number of hydrogen-bond acceptors (Lipinski definition) is 5. The number of rotatable bonds is 5. The number of aliphatic hydroxyl groups excluding tert-OH is 1. The second-order valence-corrected chi connectivity index (χ2v) is 4.92. The first-order valence-corrected chi connectivity index (χ1v) is 7.11. The van der Waals surface area contributed by atoms with Crippen molar-refractivity contribution in [2.45, 2.75) is 6.23 Å². The molecular weight excluding hydrogens is 282 g/mol. The largest absolute Gasteiger partial charge is 0.405 e. The lowest BCUT2D eigenvalue weighted by Gasteiger charge is -2.30. The van der Waals surface area contributed by atoms with Crippen LogP contribution in [-0.2, 0) is 9.53 Å². The Labute approximate surface area is 129 Å². The standard InChI is InChI=1S/C16H21N3O3/c1-2-12-3-4-14(11-13(12)5-6-17)18-15(20)16(21)19-7-9-22-10-8-19/h2-6,11,16,21H,1,7-10,17H2,(H,18,20)/b6-5-. The maximum atomic E-state index is 12.1. The second-order valence-electron chi connectivity index (χ2n) is 4.92. The van der Waals surface area contributed by atoms with E-state index in [2.05, 4.69) is 11.9 Å². The molecule has 1 atom stereocenters. The fraction of sp³-hybridized carbons (Fsp3) is 0.312. The highest BCUT2D eigenvalue weighted by Crippen LogP contribution is 2.19. The smallest absolute Gasteiger partial charge is 0.268 e. The minimum Gasteiger partial charge on any atom is -0.405 e. The zero-order valence-corrected chi connectivity index (χ0v) is 12.4. The van der Waals surface area contributed by atoms with Crippen molar-refractivity contribution in [3.05, 3.63) is 42.1 Å². The Bertz CT molecular complexity index is 566. The molecule has 22 heavy (non-hydrogen) atoms. The summed E-state index contributed by atoms with van der Waals surface area (Å²) in [6, 6.07) is 5.37. The average Bonchev–Trinajstić information content (AvgIpc) is 2.55. The van der Waals surface area contributed by atoms with Gasteiger partial charge in [0, 0.05) is 18.8 Å². The van der Waals surface area contributed by atoms with Gasteiger partial charge in [0.15, 0.2) is 6.23 Å². The summed E-state index contributed by atoms with van der Waals surface area (Å²) >= 11 is 0. The van der Waals surface area contributed by atoms with Crippen LogP contribution in [0.25, 0.3) is 12.2 Å². The number of carbonyl (C=O) groups excluding carboxylic acids is 1. The third-order valence-electron chi connectivity index (χ3n) is 3.48. The molecule has 1 saturated heterocycles. The Kier molecular flexibility index (Phi) is 5.71. The van der Waals surface area contributed by atoms with Gasteiger partial charge in [0.1, 0.15) is 0 Å². The molecule has 0 bridgehead atoms. The van der Waals surface area contributed by atoms with Crippen LogP contribution in [0.1, 0.15) is 11.1 Å². The normalized spacial score (nSPS) is 17.3. The van der Waals surface area contributed by atoms with Gasteiger partial charge in [-0.15, -0.1) is 0 Å². The predicted molar refractivity (Wildman–Crippen MR) is 86.8 cm³/mol. The third-order valence-corrected chi connectivity index (χ3v) is 3.48. The molecule has 4 N–H and O–H groups in total. The molecule has 6 nitrogen and oxygen atoms in total. The Morgan fingerprint density at radius 3 is 2.77 bits per heavy atom. The van der Waals surface area contributed by atoms with Gasteiger partial charge in [0.2, 0.25) is 0 Å². The van der Waals surface area contributed by atoms with Gasteiger partial charge in [0.05, 0.1) is 13.2 Å². The summed E-state index contributed by atoms with van der Waals surface area (Å²) in [6.07, 6.45) is 3.68. The van der Waals surface area contributed by atoms with E-state index in [9.17, 15) is 9.90 Å². The molecule has 2 rings (SSSR count).